The molecule has 1 N–H and O–H groups in total. The highest BCUT2D eigenvalue weighted by atomic mass is 32.2. The Balaban J connectivity index is 1.43. The summed E-state index contributed by atoms with van der Waals surface area (Å²) in [4.78, 5) is 40.3. The van der Waals surface area contributed by atoms with Crippen molar-refractivity contribution < 1.29 is 14.4 Å². The van der Waals surface area contributed by atoms with E-state index in [1.54, 1.807) is 16.7 Å². The fourth-order valence-electron chi connectivity index (χ4n) is 3.30. The lowest BCUT2D eigenvalue weighted by molar-refractivity contribution is -0.143. The van der Waals surface area contributed by atoms with Gasteiger partial charge in [-0.05, 0) is 25.7 Å². The summed E-state index contributed by atoms with van der Waals surface area (Å²) in [6.07, 6.45) is 5.54. The molecule has 128 valence electrons. The van der Waals surface area contributed by atoms with Crippen LogP contribution in [0.4, 0.5) is 0 Å². The molecule has 6 nitrogen and oxygen atoms in total. The molecule has 1 saturated carbocycles. The van der Waals surface area contributed by atoms with Gasteiger partial charge in [0.1, 0.15) is 6.04 Å². The Kier molecular flexibility index (Phi) is 5.46. The highest BCUT2D eigenvalue weighted by molar-refractivity contribution is 7.99. The minimum atomic E-state index is -0.366. The number of nitrogens with zero attached hydrogens (tertiary/aromatic N) is 2. The van der Waals surface area contributed by atoms with Gasteiger partial charge in [0.25, 0.3) is 0 Å². The zero-order valence-electron chi connectivity index (χ0n) is 13.5. The fraction of sp³-hybridized carbons (Fsp3) is 0.812. The van der Waals surface area contributed by atoms with Crippen molar-refractivity contribution >= 4 is 29.5 Å². The van der Waals surface area contributed by atoms with Gasteiger partial charge in [-0.2, -0.15) is 0 Å². The van der Waals surface area contributed by atoms with E-state index < -0.39 is 0 Å². The van der Waals surface area contributed by atoms with Crippen molar-refractivity contribution in [1.82, 2.24) is 15.1 Å². The number of hydrogen-bond acceptors (Lipinski definition) is 4. The minimum absolute atomic E-state index is 0.114. The standard InChI is InChI=1S/C16H25N3O3S/c20-14(18-8-1-2-9-18)6-7-17-15(21)13-10-23-11-19(13)16(22)12-4-3-5-12/h12-13H,1-11H2,(H,17,21)/t13-/m1/s1. The third-order valence-electron chi connectivity index (χ3n) is 5.02. The molecule has 7 heteroatoms. The van der Waals surface area contributed by atoms with Crippen LogP contribution in [0.15, 0.2) is 0 Å². The van der Waals surface area contributed by atoms with Gasteiger partial charge in [-0.1, -0.05) is 6.42 Å². The number of hydrogen-bond donors (Lipinski definition) is 1. The summed E-state index contributed by atoms with van der Waals surface area (Å²) < 4.78 is 0. The first-order valence-electron chi connectivity index (χ1n) is 8.60. The van der Waals surface area contributed by atoms with E-state index in [1.165, 1.54) is 0 Å². The van der Waals surface area contributed by atoms with Gasteiger partial charge < -0.3 is 15.1 Å². The molecule has 1 aliphatic carbocycles. The first kappa shape index (κ1) is 16.6. The quantitative estimate of drug-likeness (QED) is 0.805. The number of carbonyl (C=O) groups excluding carboxylic acids is 3. The van der Waals surface area contributed by atoms with E-state index in [9.17, 15) is 14.4 Å². The summed E-state index contributed by atoms with van der Waals surface area (Å²) in [6.45, 7) is 2.05. The lowest BCUT2D eigenvalue weighted by Crippen LogP contribution is -2.50. The summed E-state index contributed by atoms with van der Waals surface area (Å²) in [5, 5.41) is 2.85. The summed E-state index contributed by atoms with van der Waals surface area (Å²) in [6, 6.07) is -0.366. The topological polar surface area (TPSA) is 69.7 Å². The SMILES string of the molecule is O=C(NCCC(=O)N1CCCC1)[C@H]1CSCN1C(=O)C1CCC1. The first-order valence-corrected chi connectivity index (χ1v) is 9.76. The Morgan fingerprint density at radius 2 is 1.83 bits per heavy atom. The fourth-order valence-corrected chi connectivity index (χ4v) is 4.47. The number of likely N-dealkylation sites (tertiary alicyclic amines) is 1. The molecule has 3 rings (SSSR count). The van der Waals surface area contributed by atoms with Gasteiger partial charge in [-0.15, -0.1) is 11.8 Å². The highest BCUT2D eigenvalue weighted by Crippen LogP contribution is 2.32. The third kappa shape index (κ3) is 3.82. The van der Waals surface area contributed by atoms with Crippen LogP contribution in [0.1, 0.15) is 38.5 Å². The molecule has 0 aromatic heterocycles. The average Bonchev–Trinajstić information content (AvgIpc) is 3.16. The maximum Gasteiger partial charge on any atom is 0.243 e. The number of amides is 3. The Morgan fingerprint density at radius 1 is 1.09 bits per heavy atom. The predicted molar refractivity (Wildman–Crippen MR) is 88.7 cm³/mol. The van der Waals surface area contributed by atoms with Crippen LogP contribution in [-0.4, -0.2) is 64.8 Å². The normalized spacial score (nSPS) is 24.6. The molecule has 0 bridgehead atoms. The van der Waals surface area contributed by atoms with Crippen molar-refractivity contribution in [2.45, 2.75) is 44.6 Å². The van der Waals surface area contributed by atoms with Crippen LogP contribution in [0.5, 0.6) is 0 Å². The predicted octanol–water partition coefficient (Wildman–Crippen LogP) is 0.817. The monoisotopic (exact) mass is 339 g/mol. The number of rotatable bonds is 5. The molecule has 2 aliphatic heterocycles. The van der Waals surface area contributed by atoms with Crippen molar-refractivity contribution in [3.8, 4) is 0 Å². The lowest BCUT2D eigenvalue weighted by atomic mass is 9.84. The van der Waals surface area contributed by atoms with Gasteiger partial charge in [0.2, 0.25) is 17.7 Å². The van der Waals surface area contributed by atoms with E-state index in [-0.39, 0.29) is 29.7 Å². The maximum absolute atomic E-state index is 12.4. The Morgan fingerprint density at radius 3 is 2.48 bits per heavy atom. The first-order chi connectivity index (χ1) is 11.2. The summed E-state index contributed by atoms with van der Waals surface area (Å²) in [5.41, 5.74) is 0. The van der Waals surface area contributed by atoms with Gasteiger partial charge in [0.05, 0.1) is 5.88 Å². The van der Waals surface area contributed by atoms with Gasteiger partial charge >= 0.3 is 0 Å². The van der Waals surface area contributed by atoms with Crippen LogP contribution >= 0.6 is 11.8 Å². The van der Waals surface area contributed by atoms with E-state index in [1.807, 2.05) is 4.90 Å². The molecule has 2 saturated heterocycles. The molecule has 3 amide bonds. The molecule has 0 spiro atoms. The second-order valence-electron chi connectivity index (χ2n) is 6.58. The van der Waals surface area contributed by atoms with E-state index in [4.69, 9.17) is 0 Å². The molecule has 2 heterocycles. The van der Waals surface area contributed by atoms with Crippen molar-refractivity contribution in [2.75, 3.05) is 31.3 Å². The molecule has 0 aromatic carbocycles. The van der Waals surface area contributed by atoms with Crippen LogP contribution < -0.4 is 5.32 Å². The largest absolute Gasteiger partial charge is 0.354 e. The maximum atomic E-state index is 12.4. The van der Waals surface area contributed by atoms with Crippen LogP contribution in [0, 0.1) is 5.92 Å². The van der Waals surface area contributed by atoms with Crippen molar-refractivity contribution in [3.63, 3.8) is 0 Å². The number of carbonyl (C=O) groups is 3. The highest BCUT2D eigenvalue weighted by Gasteiger charge is 2.39. The molecule has 3 aliphatic rings. The zero-order chi connectivity index (χ0) is 16.2. The van der Waals surface area contributed by atoms with Gasteiger partial charge in [-0.25, -0.2) is 0 Å². The number of nitrogens with one attached hydrogen (secondary N) is 1. The van der Waals surface area contributed by atoms with Gasteiger partial charge in [-0.3, -0.25) is 14.4 Å². The second kappa shape index (κ2) is 7.55. The second-order valence-corrected chi connectivity index (χ2v) is 7.58. The summed E-state index contributed by atoms with van der Waals surface area (Å²) >= 11 is 1.63. The minimum Gasteiger partial charge on any atom is -0.354 e. The van der Waals surface area contributed by atoms with Crippen molar-refractivity contribution in [3.05, 3.63) is 0 Å². The molecular weight excluding hydrogens is 314 g/mol. The van der Waals surface area contributed by atoms with E-state index >= 15 is 0 Å². The lowest BCUT2D eigenvalue weighted by Gasteiger charge is -2.31. The Bertz CT molecular complexity index is 475. The molecule has 0 radical (unpaired) electrons. The zero-order valence-corrected chi connectivity index (χ0v) is 14.3. The smallest absolute Gasteiger partial charge is 0.243 e. The van der Waals surface area contributed by atoms with Crippen LogP contribution in [0.3, 0.4) is 0 Å². The summed E-state index contributed by atoms with van der Waals surface area (Å²) in [7, 11) is 0. The van der Waals surface area contributed by atoms with Crippen molar-refractivity contribution in [2.24, 2.45) is 5.92 Å². The molecule has 1 atom stereocenters. The van der Waals surface area contributed by atoms with Gasteiger partial charge in [0.15, 0.2) is 0 Å². The third-order valence-corrected chi connectivity index (χ3v) is 6.03. The average molecular weight is 339 g/mol. The Labute approximate surface area is 141 Å². The molecule has 0 unspecified atom stereocenters. The van der Waals surface area contributed by atoms with Crippen LogP contribution in [0.25, 0.3) is 0 Å². The van der Waals surface area contributed by atoms with Crippen LogP contribution in [-0.2, 0) is 14.4 Å². The van der Waals surface area contributed by atoms with Crippen LogP contribution in [0.2, 0.25) is 0 Å². The molecule has 3 fully saturated rings. The van der Waals surface area contributed by atoms with Gasteiger partial charge in [0, 0.05) is 37.7 Å². The van der Waals surface area contributed by atoms with Crippen molar-refractivity contribution in [1.29, 1.82) is 0 Å². The molecule has 0 aromatic rings. The molecule has 23 heavy (non-hydrogen) atoms. The van der Waals surface area contributed by atoms with E-state index in [0.29, 0.717) is 24.6 Å². The number of thioether (sulfide) groups is 1. The summed E-state index contributed by atoms with van der Waals surface area (Å²) in [5.74, 6) is 1.53. The molecular formula is C16H25N3O3S. The van der Waals surface area contributed by atoms with E-state index in [2.05, 4.69) is 5.32 Å². The van der Waals surface area contributed by atoms with E-state index in [0.717, 1.165) is 45.2 Å². The Hall–Kier alpha value is -1.24.